The normalized spacial score (nSPS) is 16.0. The molecule has 2 heterocycles. The van der Waals surface area contributed by atoms with Crippen LogP contribution in [0.4, 0.5) is 5.82 Å². The maximum atomic E-state index is 6.13. The van der Waals surface area contributed by atoms with Crippen molar-refractivity contribution in [1.29, 1.82) is 0 Å². The molecule has 5 nitrogen and oxygen atoms in total. The first kappa shape index (κ1) is 19.0. The quantitative estimate of drug-likeness (QED) is 0.551. The highest BCUT2D eigenvalue weighted by molar-refractivity contribution is 6.42. The smallest absolute Gasteiger partial charge is 0.128 e. The molecule has 0 bridgehead atoms. The maximum Gasteiger partial charge on any atom is 0.128 e. The Kier molecular flexibility index (Phi) is 6.72. The summed E-state index contributed by atoms with van der Waals surface area (Å²) in [5.41, 5.74) is 1.81. The lowest BCUT2D eigenvalue weighted by atomic mass is 10.1. The minimum atomic E-state index is 0.525. The van der Waals surface area contributed by atoms with Crippen LogP contribution >= 0.6 is 23.2 Å². The lowest BCUT2D eigenvalue weighted by molar-refractivity contribution is 0.211. The van der Waals surface area contributed by atoms with E-state index in [2.05, 4.69) is 26.0 Å². The van der Waals surface area contributed by atoms with Gasteiger partial charge in [0.1, 0.15) is 12.9 Å². The number of aromatic nitrogens is 1. The summed E-state index contributed by atoms with van der Waals surface area (Å²) >= 11 is 12.1. The number of rotatable bonds is 6. The predicted octanol–water partition coefficient (Wildman–Crippen LogP) is 3.95. The third-order valence-corrected chi connectivity index (χ3v) is 5.20. The van der Waals surface area contributed by atoms with Crippen molar-refractivity contribution in [3.05, 3.63) is 58.2 Å². The Balaban J connectivity index is 1.55. The number of hydrogen-bond donors (Lipinski definition) is 0. The zero-order valence-corrected chi connectivity index (χ0v) is 16.2. The van der Waals surface area contributed by atoms with Gasteiger partial charge in [-0.15, -0.1) is 0 Å². The van der Waals surface area contributed by atoms with Gasteiger partial charge < -0.3 is 9.74 Å². The van der Waals surface area contributed by atoms with Crippen LogP contribution in [0.2, 0.25) is 10.0 Å². The molecule has 0 spiro atoms. The standard InChI is InChI=1S/C19H22Cl2N4O/c1-26-23-18(15-5-6-16(20)17(21)14-15)7-9-24-10-12-25(13-11-24)19-4-2-3-8-22-19/h2-6,8,14H,7,9-13H2,1H3/b23-18+. The minimum absolute atomic E-state index is 0.525. The second-order valence-corrected chi connectivity index (χ2v) is 6.93. The van der Waals surface area contributed by atoms with Gasteiger partial charge in [0.2, 0.25) is 0 Å². The van der Waals surface area contributed by atoms with E-state index in [0.29, 0.717) is 10.0 Å². The van der Waals surface area contributed by atoms with Gasteiger partial charge in [0.05, 0.1) is 15.8 Å². The van der Waals surface area contributed by atoms with Crippen LogP contribution in [0.5, 0.6) is 0 Å². The summed E-state index contributed by atoms with van der Waals surface area (Å²) in [6, 6.07) is 11.6. The summed E-state index contributed by atoms with van der Waals surface area (Å²) in [6.07, 6.45) is 2.63. The molecule has 0 unspecified atom stereocenters. The van der Waals surface area contributed by atoms with Crippen molar-refractivity contribution in [1.82, 2.24) is 9.88 Å². The van der Waals surface area contributed by atoms with Crippen LogP contribution in [0.15, 0.2) is 47.8 Å². The topological polar surface area (TPSA) is 41.0 Å². The number of oxime groups is 1. The summed E-state index contributed by atoms with van der Waals surface area (Å²) in [5, 5.41) is 5.24. The number of benzene rings is 1. The summed E-state index contributed by atoms with van der Waals surface area (Å²) in [6.45, 7) is 4.86. The molecule has 1 aromatic heterocycles. The van der Waals surface area contributed by atoms with Crippen LogP contribution in [0.3, 0.4) is 0 Å². The number of pyridine rings is 1. The molecule has 1 aliphatic heterocycles. The Morgan fingerprint density at radius 1 is 1.12 bits per heavy atom. The van der Waals surface area contributed by atoms with Crippen molar-refractivity contribution in [3.63, 3.8) is 0 Å². The lowest BCUT2D eigenvalue weighted by Gasteiger charge is -2.35. The molecule has 1 fully saturated rings. The molecule has 0 saturated carbocycles. The molecule has 7 heteroatoms. The average Bonchev–Trinajstić information content (AvgIpc) is 2.68. The summed E-state index contributed by atoms with van der Waals surface area (Å²) in [4.78, 5) is 14.2. The molecular formula is C19H22Cl2N4O. The Morgan fingerprint density at radius 3 is 2.58 bits per heavy atom. The first-order valence-electron chi connectivity index (χ1n) is 8.61. The highest BCUT2D eigenvalue weighted by Gasteiger charge is 2.18. The lowest BCUT2D eigenvalue weighted by Crippen LogP contribution is -2.47. The monoisotopic (exact) mass is 392 g/mol. The molecule has 138 valence electrons. The third-order valence-electron chi connectivity index (χ3n) is 4.46. The fourth-order valence-electron chi connectivity index (χ4n) is 3.03. The molecule has 0 aliphatic carbocycles. The average molecular weight is 393 g/mol. The number of nitrogens with zero attached hydrogens (tertiary/aromatic N) is 4. The van der Waals surface area contributed by atoms with E-state index < -0.39 is 0 Å². The first-order valence-corrected chi connectivity index (χ1v) is 9.37. The second kappa shape index (κ2) is 9.21. The molecule has 2 aromatic rings. The molecule has 1 aliphatic rings. The Bertz CT molecular complexity index is 746. The van der Waals surface area contributed by atoms with E-state index in [1.807, 2.05) is 30.5 Å². The molecule has 0 radical (unpaired) electrons. The number of hydrogen-bond acceptors (Lipinski definition) is 5. The van der Waals surface area contributed by atoms with Crippen LogP contribution in [0.1, 0.15) is 12.0 Å². The van der Waals surface area contributed by atoms with Gasteiger partial charge in [-0.25, -0.2) is 4.98 Å². The van der Waals surface area contributed by atoms with Crippen LogP contribution < -0.4 is 4.90 Å². The summed E-state index contributed by atoms with van der Waals surface area (Å²) in [5.74, 6) is 1.05. The van der Waals surface area contributed by atoms with Crippen LogP contribution in [0, 0.1) is 0 Å². The zero-order valence-electron chi connectivity index (χ0n) is 14.7. The number of anilines is 1. The maximum absolute atomic E-state index is 6.13. The molecule has 3 rings (SSSR count). The van der Waals surface area contributed by atoms with Crippen molar-refractivity contribution in [2.45, 2.75) is 6.42 Å². The largest absolute Gasteiger partial charge is 0.399 e. The van der Waals surface area contributed by atoms with Crippen LogP contribution in [-0.2, 0) is 4.84 Å². The van der Waals surface area contributed by atoms with Gasteiger partial charge in [-0.3, -0.25) is 4.90 Å². The van der Waals surface area contributed by atoms with E-state index in [9.17, 15) is 0 Å². The van der Waals surface area contributed by atoms with Gasteiger partial charge in [-0.05, 0) is 24.3 Å². The minimum Gasteiger partial charge on any atom is -0.399 e. The van der Waals surface area contributed by atoms with Gasteiger partial charge >= 0.3 is 0 Å². The van der Waals surface area contributed by atoms with E-state index in [1.54, 1.807) is 13.2 Å². The summed E-state index contributed by atoms with van der Waals surface area (Å²) in [7, 11) is 1.56. The van der Waals surface area contributed by atoms with Gasteiger partial charge in [-0.2, -0.15) is 0 Å². The van der Waals surface area contributed by atoms with Gasteiger partial charge in [0.25, 0.3) is 0 Å². The fraction of sp³-hybridized carbons (Fsp3) is 0.368. The van der Waals surface area contributed by atoms with E-state index >= 15 is 0 Å². The van der Waals surface area contributed by atoms with Crippen molar-refractivity contribution >= 4 is 34.7 Å². The zero-order chi connectivity index (χ0) is 18.4. The predicted molar refractivity (Wildman–Crippen MR) is 108 cm³/mol. The van der Waals surface area contributed by atoms with Crippen LogP contribution in [0.25, 0.3) is 0 Å². The molecule has 0 N–H and O–H groups in total. The molecule has 0 amide bonds. The highest BCUT2D eigenvalue weighted by atomic mass is 35.5. The third kappa shape index (κ3) is 4.87. The number of halogens is 2. The van der Waals surface area contributed by atoms with E-state index in [1.165, 1.54) is 0 Å². The van der Waals surface area contributed by atoms with E-state index in [-0.39, 0.29) is 0 Å². The van der Waals surface area contributed by atoms with Gasteiger partial charge in [0.15, 0.2) is 0 Å². The van der Waals surface area contributed by atoms with Crippen molar-refractivity contribution in [2.24, 2.45) is 5.16 Å². The molecule has 1 aromatic carbocycles. The van der Waals surface area contributed by atoms with Crippen molar-refractivity contribution < 1.29 is 4.84 Å². The Morgan fingerprint density at radius 2 is 1.92 bits per heavy atom. The van der Waals surface area contributed by atoms with Crippen LogP contribution in [-0.4, -0.2) is 55.4 Å². The highest BCUT2D eigenvalue weighted by Crippen LogP contribution is 2.23. The molecule has 0 atom stereocenters. The van der Waals surface area contributed by atoms with Crippen molar-refractivity contribution in [2.75, 3.05) is 44.7 Å². The molecular weight excluding hydrogens is 371 g/mol. The van der Waals surface area contributed by atoms with E-state index in [4.69, 9.17) is 28.0 Å². The first-order chi connectivity index (χ1) is 12.7. The number of piperazine rings is 1. The Hall–Kier alpha value is -1.82. The molecule has 26 heavy (non-hydrogen) atoms. The summed E-state index contributed by atoms with van der Waals surface area (Å²) < 4.78 is 0. The Labute approximate surface area is 164 Å². The van der Waals surface area contributed by atoms with Crippen molar-refractivity contribution in [3.8, 4) is 0 Å². The van der Waals surface area contributed by atoms with Gasteiger partial charge in [0, 0.05) is 50.9 Å². The second-order valence-electron chi connectivity index (χ2n) is 6.12. The fourth-order valence-corrected chi connectivity index (χ4v) is 3.33. The van der Waals surface area contributed by atoms with Gasteiger partial charge in [-0.1, -0.05) is 40.5 Å². The van der Waals surface area contributed by atoms with E-state index in [0.717, 1.165) is 56.2 Å². The SMILES string of the molecule is CO/N=C(\CCN1CCN(c2ccccn2)CC1)c1ccc(Cl)c(Cl)c1. The molecule has 1 saturated heterocycles.